The second-order valence-corrected chi connectivity index (χ2v) is 6.62. The lowest BCUT2D eigenvalue weighted by molar-refractivity contribution is -0.385. The molecule has 0 bridgehead atoms. The molecule has 1 aromatic rings. The smallest absolute Gasteiger partial charge is 0.270 e. The summed E-state index contributed by atoms with van der Waals surface area (Å²) in [5, 5.41) is 20.5. The van der Waals surface area contributed by atoms with E-state index in [0.717, 1.165) is 6.07 Å². The lowest BCUT2D eigenvalue weighted by Crippen LogP contribution is -2.40. The molecule has 0 heterocycles. The Labute approximate surface area is 117 Å². The van der Waals surface area contributed by atoms with Crippen molar-refractivity contribution >= 4 is 15.7 Å². The van der Waals surface area contributed by atoms with E-state index in [-0.39, 0.29) is 17.1 Å². The number of nitro benzene ring substituents is 1. The first-order valence-corrected chi connectivity index (χ1v) is 7.54. The Morgan fingerprint density at radius 3 is 2.55 bits per heavy atom. The molecule has 1 atom stereocenters. The van der Waals surface area contributed by atoms with Gasteiger partial charge in [-0.2, -0.15) is 0 Å². The van der Waals surface area contributed by atoms with Crippen molar-refractivity contribution in [3.8, 4) is 0 Å². The summed E-state index contributed by atoms with van der Waals surface area (Å²) < 4.78 is 26.6. The molecule has 0 aliphatic rings. The van der Waals surface area contributed by atoms with Gasteiger partial charge in [-0.05, 0) is 25.8 Å². The van der Waals surface area contributed by atoms with Gasteiger partial charge in [0.1, 0.15) is 0 Å². The minimum Gasteiger partial charge on any atom is -0.389 e. The first-order chi connectivity index (χ1) is 9.09. The van der Waals surface area contributed by atoms with Gasteiger partial charge in [0, 0.05) is 18.7 Å². The minimum absolute atomic E-state index is 0.154. The number of nitrogens with zero attached hydrogens (tertiary/aromatic N) is 1. The topological polar surface area (TPSA) is 110 Å². The summed E-state index contributed by atoms with van der Waals surface area (Å²) >= 11 is 0. The van der Waals surface area contributed by atoms with E-state index in [2.05, 4.69) is 4.72 Å². The SMILES string of the molecule is CCC(C)(O)CNS(=O)(=O)c1cc([N+](=O)[O-])ccc1C. The van der Waals surface area contributed by atoms with E-state index in [1.54, 1.807) is 13.8 Å². The number of nitrogens with one attached hydrogen (secondary N) is 1. The fourth-order valence-electron chi connectivity index (χ4n) is 1.45. The van der Waals surface area contributed by atoms with Gasteiger partial charge in [-0.25, -0.2) is 13.1 Å². The Balaban J connectivity index is 3.09. The Kier molecular flexibility index (Phi) is 4.85. The van der Waals surface area contributed by atoms with Crippen molar-refractivity contribution in [2.75, 3.05) is 6.54 Å². The molecule has 0 amide bonds. The highest BCUT2D eigenvalue weighted by Crippen LogP contribution is 2.22. The van der Waals surface area contributed by atoms with E-state index < -0.39 is 20.5 Å². The quantitative estimate of drug-likeness (QED) is 0.608. The number of non-ortho nitro benzene ring substituents is 1. The standard InChI is InChI=1S/C12H18N2O5S/c1-4-12(3,15)8-13-20(18,19)11-7-10(14(16)17)6-5-9(11)2/h5-7,13,15H,4,8H2,1-3H3. The van der Waals surface area contributed by atoms with Crippen LogP contribution in [0.4, 0.5) is 5.69 Å². The molecule has 2 N–H and O–H groups in total. The summed E-state index contributed by atoms with van der Waals surface area (Å²) in [6.45, 7) is 4.63. The lowest BCUT2D eigenvalue weighted by atomic mass is 10.1. The van der Waals surface area contributed by atoms with Gasteiger partial charge in [0.15, 0.2) is 0 Å². The molecular weight excluding hydrogens is 284 g/mol. The average molecular weight is 302 g/mol. The summed E-state index contributed by atoms with van der Waals surface area (Å²) in [5.74, 6) is 0. The zero-order valence-electron chi connectivity index (χ0n) is 11.6. The Hall–Kier alpha value is -1.51. The third-order valence-corrected chi connectivity index (χ3v) is 4.62. The summed E-state index contributed by atoms with van der Waals surface area (Å²) in [7, 11) is -3.90. The van der Waals surface area contributed by atoms with Gasteiger partial charge in [-0.15, -0.1) is 0 Å². The van der Waals surface area contributed by atoms with Crippen LogP contribution >= 0.6 is 0 Å². The molecular formula is C12H18N2O5S. The molecule has 0 aliphatic heterocycles. The second-order valence-electron chi connectivity index (χ2n) is 4.88. The number of nitro groups is 1. The molecule has 0 saturated heterocycles. The Morgan fingerprint density at radius 2 is 2.05 bits per heavy atom. The molecule has 0 aliphatic carbocycles. The number of hydrogen-bond donors (Lipinski definition) is 2. The van der Waals surface area contributed by atoms with E-state index in [1.165, 1.54) is 19.1 Å². The van der Waals surface area contributed by atoms with Crippen molar-refractivity contribution in [1.82, 2.24) is 4.72 Å². The normalized spacial score (nSPS) is 14.8. The summed E-state index contributed by atoms with van der Waals surface area (Å²) in [6.07, 6.45) is 0.378. The van der Waals surface area contributed by atoms with Crippen LogP contribution in [0.3, 0.4) is 0 Å². The van der Waals surface area contributed by atoms with Gasteiger partial charge in [0.25, 0.3) is 5.69 Å². The lowest BCUT2D eigenvalue weighted by Gasteiger charge is -2.21. The first kappa shape index (κ1) is 16.5. The van der Waals surface area contributed by atoms with E-state index in [0.29, 0.717) is 12.0 Å². The maximum absolute atomic E-state index is 12.1. The molecule has 0 saturated carbocycles. The molecule has 7 nitrogen and oxygen atoms in total. The Morgan fingerprint density at radius 1 is 1.45 bits per heavy atom. The van der Waals surface area contributed by atoms with Gasteiger partial charge < -0.3 is 5.11 Å². The predicted octanol–water partition coefficient (Wildman–Crippen LogP) is 1.34. The van der Waals surface area contributed by atoms with Crippen LogP contribution in [0.25, 0.3) is 0 Å². The van der Waals surface area contributed by atoms with Crippen LogP contribution in [0, 0.1) is 17.0 Å². The monoisotopic (exact) mass is 302 g/mol. The first-order valence-electron chi connectivity index (χ1n) is 6.06. The fourth-order valence-corrected chi connectivity index (χ4v) is 2.87. The van der Waals surface area contributed by atoms with Crippen LogP contribution in [-0.4, -0.2) is 30.6 Å². The van der Waals surface area contributed by atoms with Crippen molar-refractivity contribution in [3.63, 3.8) is 0 Å². The number of rotatable bonds is 6. The van der Waals surface area contributed by atoms with Crippen molar-refractivity contribution in [1.29, 1.82) is 0 Å². The molecule has 0 fully saturated rings. The van der Waals surface area contributed by atoms with Crippen molar-refractivity contribution in [3.05, 3.63) is 33.9 Å². The van der Waals surface area contributed by atoms with Crippen molar-refractivity contribution < 1.29 is 18.4 Å². The molecule has 0 spiro atoms. The van der Waals surface area contributed by atoms with Crippen LogP contribution in [-0.2, 0) is 10.0 Å². The molecule has 0 aromatic heterocycles. The van der Waals surface area contributed by atoms with E-state index in [9.17, 15) is 23.6 Å². The molecule has 0 radical (unpaired) electrons. The third kappa shape index (κ3) is 3.99. The van der Waals surface area contributed by atoms with Crippen molar-refractivity contribution in [2.45, 2.75) is 37.7 Å². The van der Waals surface area contributed by atoms with Gasteiger partial charge in [-0.1, -0.05) is 13.0 Å². The van der Waals surface area contributed by atoms with Crippen molar-refractivity contribution in [2.24, 2.45) is 0 Å². The van der Waals surface area contributed by atoms with Crippen LogP contribution < -0.4 is 4.72 Å². The number of hydrogen-bond acceptors (Lipinski definition) is 5. The predicted molar refractivity (Wildman–Crippen MR) is 73.9 cm³/mol. The Bertz CT molecular complexity index is 610. The summed E-state index contributed by atoms with van der Waals surface area (Å²) in [5.41, 5.74) is -1.06. The number of aliphatic hydroxyl groups is 1. The molecule has 20 heavy (non-hydrogen) atoms. The summed E-state index contributed by atoms with van der Waals surface area (Å²) in [4.78, 5) is 9.90. The zero-order chi connectivity index (χ0) is 15.6. The van der Waals surface area contributed by atoms with Gasteiger partial charge in [-0.3, -0.25) is 10.1 Å². The third-order valence-electron chi connectivity index (χ3n) is 3.08. The highest BCUT2D eigenvalue weighted by Gasteiger charge is 2.24. The number of aryl methyl sites for hydroxylation is 1. The molecule has 1 rings (SSSR count). The largest absolute Gasteiger partial charge is 0.389 e. The molecule has 8 heteroatoms. The van der Waals surface area contributed by atoms with Crippen LogP contribution in [0.5, 0.6) is 0 Å². The summed E-state index contributed by atoms with van der Waals surface area (Å²) in [6, 6.07) is 3.64. The molecule has 1 aromatic carbocycles. The highest BCUT2D eigenvalue weighted by molar-refractivity contribution is 7.89. The van der Waals surface area contributed by atoms with Crippen LogP contribution in [0.1, 0.15) is 25.8 Å². The second kappa shape index (κ2) is 5.86. The maximum atomic E-state index is 12.1. The highest BCUT2D eigenvalue weighted by atomic mass is 32.2. The molecule has 1 unspecified atom stereocenters. The van der Waals surface area contributed by atoms with E-state index in [4.69, 9.17) is 0 Å². The van der Waals surface area contributed by atoms with Crippen LogP contribution in [0.2, 0.25) is 0 Å². The number of sulfonamides is 1. The average Bonchev–Trinajstić information content (AvgIpc) is 2.37. The molecule has 112 valence electrons. The zero-order valence-corrected chi connectivity index (χ0v) is 12.4. The van der Waals surface area contributed by atoms with Gasteiger partial charge in [0.2, 0.25) is 10.0 Å². The maximum Gasteiger partial charge on any atom is 0.270 e. The van der Waals surface area contributed by atoms with E-state index in [1.807, 2.05) is 0 Å². The van der Waals surface area contributed by atoms with Gasteiger partial charge in [0.05, 0.1) is 15.4 Å². The van der Waals surface area contributed by atoms with Crippen LogP contribution in [0.15, 0.2) is 23.1 Å². The van der Waals surface area contributed by atoms with Gasteiger partial charge >= 0.3 is 0 Å². The number of benzene rings is 1. The fraction of sp³-hybridized carbons (Fsp3) is 0.500. The van der Waals surface area contributed by atoms with E-state index >= 15 is 0 Å². The minimum atomic E-state index is -3.90.